The van der Waals surface area contributed by atoms with Crippen LogP contribution in [0, 0.1) is 0 Å². The normalized spacial score (nSPS) is 19.4. The van der Waals surface area contributed by atoms with Gasteiger partial charge in [0.15, 0.2) is 6.04 Å². The zero-order valence-electron chi connectivity index (χ0n) is 21.1. The topological polar surface area (TPSA) is 113 Å². The minimum atomic E-state index is -0.742. The first-order chi connectivity index (χ1) is 17.9. The van der Waals surface area contributed by atoms with Gasteiger partial charge in [-0.2, -0.15) is 0 Å². The molecule has 3 N–H and O–H groups in total. The number of carbonyl (C=O) groups excluding carboxylic acids is 3. The Morgan fingerprint density at radius 3 is 2.59 bits per heavy atom. The van der Waals surface area contributed by atoms with Gasteiger partial charge in [0, 0.05) is 37.1 Å². The van der Waals surface area contributed by atoms with Crippen LogP contribution in [0.1, 0.15) is 65.4 Å². The summed E-state index contributed by atoms with van der Waals surface area (Å²) >= 11 is 0. The minimum Gasteiger partial charge on any atom is -0.497 e. The monoisotopic (exact) mass is 504 g/mol. The summed E-state index contributed by atoms with van der Waals surface area (Å²) in [5, 5.41) is 9.35. The molecule has 9 nitrogen and oxygen atoms in total. The van der Waals surface area contributed by atoms with Crippen molar-refractivity contribution in [1.82, 2.24) is 20.9 Å². The molecule has 0 spiro atoms. The highest BCUT2D eigenvalue weighted by atomic mass is 16.5. The van der Waals surface area contributed by atoms with E-state index in [9.17, 15) is 14.4 Å². The number of imide groups is 1. The molecule has 1 saturated carbocycles. The van der Waals surface area contributed by atoms with Crippen molar-refractivity contribution in [1.29, 1.82) is 0 Å². The van der Waals surface area contributed by atoms with Gasteiger partial charge in [0.1, 0.15) is 17.1 Å². The Morgan fingerprint density at radius 2 is 1.86 bits per heavy atom. The molecule has 0 unspecified atom stereocenters. The van der Waals surface area contributed by atoms with Crippen molar-refractivity contribution in [3.8, 4) is 5.75 Å². The van der Waals surface area contributed by atoms with Crippen LogP contribution in [0.15, 0.2) is 46.9 Å². The van der Waals surface area contributed by atoms with Gasteiger partial charge in [0.25, 0.3) is 11.8 Å². The van der Waals surface area contributed by atoms with Gasteiger partial charge in [0.05, 0.1) is 7.11 Å². The summed E-state index contributed by atoms with van der Waals surface area (Å²) in [5.41, 5.74) is 3.76. The third-order valence-corrected chi connectivity index (χ3v) is 7.16. The number of benzene rings is 2. The Kier molecular flexibility index (Phi) is 7.14. The van der Waals surface area contributed by atoms with Crippen molar-refractivity contribution in [3.63, 3.8) is 0 Å². The van der Waals surface area contributed by atoms with Gasteiger partial charge in [-0.25, -0.2) is 4.79 Å². The van der Waals surface area contributed by atoms with E-state index in [1.165, 1.54) is 37.7 Å². The number of carbonyl (C=O) groups is 3. The van der Waals surface area contributed by atoms with Crippen LogP contribution >= 0.6 is 0 Å². The lowest BCUT2D eigenvalue weighted by Gasteiger charge is -2.22. The average molecular weight is 505 g/mol. The second kappa shape index (κ2) is 10.6. The first kappa shape index (κ1) is 24.8. The number of ether oxygens (including phenoxy) is 1. The molecule has 2 aromatic carbocycles. The molecule has 194 valence electrons. The molecule has 3 aliphatic rings. The Balaban J connectivity index is 0.000000182. The quantitative estimate of drug-likeness (QED) is 0.453. The molecule has 1 saturated heterocycles. The van der Waals surface area contributed by atoms with Gasteiger partial charge < -0.3 is 24.7 Å². The second-order valence-corrected chi connectivity index (χ2v) is 9.82. The third-order valence-electron chi connectivity index (χ3n) is 7.16. The number of rotatable bonds is 5. The van der Waals surface area contributed by atoms with Crippen LogP contribution in [0.3, 0.4) is 0 Å². The molecule has 2 aliphatic heterocycles. The Labute approximate surface area is 215 Å². The van der Waals surface area contributed by atoms with Crippen LogP contribution in [0.4, 0.5) is 4.79 Å². The van der Waals surface area contributed by atoms with Crippen LogP contribution in [-0.4, -0.2) is 42.9 Å². The predicted molar refractivity (Wildman–Crippen MR) is 138 cm³/mol. The van der Waals surface area contributed by atoms with E-state index in [1.54, 1.807) is 25.1 Å². The number of hydrogen-bond donors (Lipinski definition) is 3. The standard InChI is InChI=1S/C18H21N3O3.C10H11NO2/c22-17-16(20-18(23)21-17)15-9-12-8-11(6-7-14(12)24-15)10-19-13-4-2-1-3-5-13;1-11-6-7-3-4-8(13-2)5-9(7)10(11)12/h6-9,13,16,19H,1-5,10H2,(H2,20,21,22,23);3-5H,6H2,1-2H3/t16-;/m0./s1. The summed E-state index contributed by atoms with van der Waals surface area (Å²) in [6, 6.07) is 12.9. The van der Waals surface area contributed by atoms with E-state index in [4.69, 9.17) is 9.15 Å². The van der Waals surface area contributed by atoms with Crippen LogP contribution in [-0.2, 0) is 17.9 Å². The lowest BCUT2D eigenvalue weighted by atomic mass is 9.95. The molecule has 4 amide bonds. The van der Waals surface area contributed by atoms with Gasteiger partial charge in [-0.15, -0.1) is 0 Å². The molecule has 1 aromatic heterocycles. The van der Waals surface area contributed by atoms with Gasteiger partial charge in [-0.05, 0) is 54.3 Å². The van der Waals surface area contributed by atoms with Crippen molar-refractivity contribution >= 4 is 28.8 Å². The minimum absolute atomic E-state index is 0.0777. The summed E-state index contributed by atoms with van der Waals surface area (Å²) in [6.07, 6.45) is 6.50. The second-order valence-electron chi connectivity index (χ2n) is 9.82. The van der Waals surface area contributed by atoms with Gasteiger partial charge in [-0.1, -0.05) is 31.4 Å². The number of methoxy groups -OCH3 is 1. The number of fused-ring (bicyclic) bond motifs is 2. The maximum atomic E-state index is 11.7. The highest BCUT2D eigenvalue weighted by molar-refractivity contribution is 6.04. The van der Waals surface area contributed by atoms with Crippen LogP contribution in [0.5, 0.6) is 5.75 Å². The molecular formula is C28H32N4O5. The van der Waals surface area contributed by atoms with E-state index in [0.29, 0.717) is 18.3 Å². The fourth-order valence-electron chi connectivity index (χ4n) is 5.10. The largest absolute Gasteiger partial charge is 0.497 e. The molecule has 2 fully saturated rings. The predicted octanol–water partition coefficient (Wildman–Crippen LogP) is 4.02. The Morgan fingerprint density at radius 1 is 1.05 bits per heavy atom. The highest BCUT2D eigenvalue weighted by Crippen LogP contribution is 2.27. The summed E-state index contributed by atoms with van der Waals surface area (Å²) < 4.78 is 10.8. The molecule has 37 heavy (non-hydrogen) atoms. The van der Waals surface area contributed by atoms with Gasteiger partial charge >= 0.3 is 6.03 Å². The molecule has 3 aromatic rings. The van der Waals surface area contributed by atoms with E-state index in [2.05, 4.69) is 22.0 Å². The van der Waals surface area contributed by atoms with Crippen molar-refractivity contribution in [2.24, 2.45) is 0 Å². The summed E-state index contributed by atoms with van der Waals surface area (Å²) in [6.45, 7) is 1.54. The van der Waals surface area contributed by atoms with Gasteiger partial charge in [0.2, 0.25) is 0 Å². The number of nitrogens with one attached hydrogen (secondary N) is 3. The van der Waals surface area contributed by atoms with Crippen molar-refractivity contribution in [3.05, 3.63) is 64.9 Å². The molecule has 1 aliphatic carbocycles. The number of urea groups is 1. The number of hydrogen-bond acceptors (Lipinski definition) is 6. The molecule has 6 rings (SSSR count). The third kappa shape index (κ3) is 5.46. The molecule has 0 bridgehead atoms. The van der Waals surface area contributed by atoms with Gasteiger partial charge in [-0.3, -0.25) is 14.9 Å². The zero-order chi connectivity index (χ0) is 25.9. The SMILES string of the molecule is COc1ccc2c(c1)C(=O)N(C)C2.O=C1NC(=O)[C@H](c2cc3cc(CNC4CCCCC4)ccc3o2)N1. The number of furan rings is 1. The van der Waals surface area contributed by atoms with E-state index in [1.807, 2.05) is 30.3 Å². The summed E-state index contributed by atoms with van der Waals surface area (Å²) in [5.74, 6) is 0.903. The fourth-order valence-corrected chi connectivity index (χ4v) is 5.10. The fraction of sp³-hybridized carbons (Fsp3) is 0.393. The van der Waals surface area contributed by atoms with E-state index >= 15 is 0 Å². The summed E-state index contributed by atoms with van der Waals surface area (Å²) in [7, 11) is 3.40. The van der Waals surface area contributed by atoms with Crippen molar-refractivity contribution < 1.29 is 23.5 Å². The molecule has 0 radical (unpaired) electrons. The number of nitrogens with zero attached hydrogens (tertiary/aromatic N) is 1. The Bertz CT molecular complexity index is 1330. The zero-order valence-corrected chi connectivity index (χ0v) is 21.1. The molecule has 1 atom stereocenters. The molecule has 9 heteroatoms. The van der Waals surface area contributed by atoms with Crippen molar-refractivity contribution in [2.75, 3.05) is 14.2 Å². The maximum absolute atomic E-state index is 11.7. The first-order valence-electron chi connectivity index (χ1n) is 12.7. The lowest BCUT2D eigenvalue weighted by Crippen LogP contribution is -2.30. The van der Waals surface area contributed by atoms with Crippen LogP contribution in [0.25, 0.3) is 11.0 Å². The van der Waals surface area contributed by atoms with Crippen LogP contribution < -0.4 is 20.7 Å². The smallest absolute Gasteiger partial charge is 0.322 e. The first-order valence-corrected chi connectivity index (χ1v) is 12.7. The van der Waals surface area contributed by atoms with Crippen molar-refractivity contribution in [2.45, 2.75) is 57.3 Å². The van der Waals surface area contributed by atoms with E-state index in [0.717, 1.165) is 34.4 Å². The Hall–Kier alpha value is -3.85. The van der Waals surface area contributed by atoms with E-state index in [-0.39, 0.29) is 11.8 Å². The lowest BCUT2D eigenvalue weighted by molar-refractivity contribution is -0.120. The molecular weight excluding hydrogens is 472 g/mol. The molecule has 3 heterocycles. The van der Waals surface area contributed by atoms with Crippen LogP contribution in [0.2, 0.25) is 0 Å². The number of amides is 4. The average Bonchev–Trinajstić information content (AvgIpc) is 3.57. The maximum Gasteiger partial charge on any atom is 0.322 e. The van der Waals surface area contributed by atoms with E-state index < -0.39 is 12.1 Å². The summed E-state index contributed by atoms with van der Waals surface area (Å²) in [4.78, 5) is 36.2. The highest BCUT2D eigenvalue weighted by Gasteiger charge is 2.33.